The summed E-state index contributed by atoms with van der Waals surface area (Å²) in [5.41, 5.74) is 6.25. The van der Waals surface area contributed by atoms with Crippen LogP contribution in [0, 0.1) is 0 Å². The summed E-state index contributed by atoms with van der Waals surface area (Å²) in [5.74, 6) is 0.862. The maximum atomic E-state index is 5.90. The highest BCUT2D eigenvalue weighted by Gasteiger charge is 2.07. The van der Waals surface area contributed by atoms with Crippen molar-refractivity contribution in [3.05, 3.63) is 89.0 Å². The number of anilines is 1. The number of hydrogen-bond acceptors (Lipinski definition) is 5. The molecule has 2 aromatic heterocycles. The van der Waals surface area contributed by atoms with Gasteiger partial charge in [-0.3, -0.25) is 5.43 Å². The average molecular weight is 491 g/mol. The van der Waals surface area contributed by atoms with Crippen LogP contribution in [0.1, 0.15) is 5.56 Å². The predicted molar refractivity (Wildman–Crippen MR) is 132 cm³/mol. The summed E-state index contributed by atoms with van der Waals surface area (Å²) in [6, 6.07) is 24.3. The van der Waals surface area contributed by atoms with Crippen LogP contribution in [0.3, 0.4) is 0 Å². The number of ether oxygens (including phenoxy) is 1. The summed E-state index contributed by atoms with van der Waals surface area (Å²) in [6.45, 7) is 1.33. The van der Waals surface area contributed by atoms with Crippen molar-refractivity contribution in [1.29, 1.82) is 0 Å². The van der Waals surface area contributed by atoms with Gasteiger partial charge in [0, 0.05) is 27.1 Å². The van der Waals surface area contributed by atoms with Gasteiger partial charge in [-0.05, 0) is 42.5 Å². The third-order valence-electron chi connectivity index (χ3n) is 4.89. The highest BCUT2D eigenvalue weighted by Crippen LogP contribution is 2.25. The molecule has 0 saturated heterocycles. The van der Waals surface area contributed by atoms with E-state index in [-0.39, 0.29) is 0 Å². The van der Waals surface area contributed by atoms with Crippen molar-refractivity contribution < 1.29 is 4.74 Å². The third-order valence-corrected chi connectivity index (χ3v) is 6.36. The van der Waals surface area contributed by atoms with Crippen LogP contribution in [0.25, 0.3) is 21.1 Å². The molecular formula is C24H19BrN4OS. The van der Waals surface area contributed by atoms with Crippen molar-refractivity contribution in [1.82, 2.24) is 9.55 Å². The number of thiazole rings is 1. The molecule has 31 heavy (non-hydrogen) atoms. The van der Waals surface area contributed by atoms with Gasteiger partial charge < -0.3 is 9.30 Å². The molecule has 0 spiro atoms. The van der Waals surface area contributed by atoms with E-state index in [2.05, 4.69) is 66.5 Å². The van der Waals surface area contributed by atoms with Crippen LogP contribution in [0.4, 0.5) is 5.13 Å². The first-order valence-corrected chi connectivity index (χ1v) is 11.5. The molecule has 0 amide bonds. The molecule has 5 nitrogen and oxygen atoms in total. The summed E-state index contributed by atoms with van der Waals surface area (Å²) < 4.78 is 10.3. The first-order valence-electron chi connectivity index (χ1n) is 9.87. The van der Waals surface area contributed by atoms with Crippen LogP contribution in [0.5, 0.6) is 5.75 Å². The van der Waals surface area contributed by atoms with Gasteiger partial charge >= 0.3 is 0 Å². The fourth-order valence-corrected chi connectivity index (χ4v) is 4.51. The van der Waals surface area contributed by atoms with Gasteiger partial charge in [-0.2, -0.15) is 5.10 Å². The van der Waals surface area contributed by atoms with Crippen LogP contribution >= 0.6 is 27.3 Å². The van der Waals surface area contributed by atoms with Gasteiger partial charge in [0.1, 0.15) is 12.4 Å². The minimum Gasteiger partial charge on any atom is -0.492 e. The van der Waals surface area contributed by atoms with Gasteiger partial charge in [-0.15, -0.1) is 0 Å². The number of nitrogens with zero attached hydrogens (tertiary/aromatic N) is 3. The second-order valence-electron chi connectivity index (χ2n) is 6.95. The van der Waals surface area contributed by atoms with E-state index in [1.54, 1.807) is 11.3 Å². The van der Waals surface area contributed by atoms with E-state index in [1.165, 1.54) is 0 Å². The van der Waals surface area contributed by atoms with Gasteiger partial charge in [0.25, 0.3) is 0 Å². The number of fused-ring (bicyclic) bond motifs is 2. The number of para-hydroxylation sites is 2. The quantitative estimate of drug-likeness (QED) is 0.208. The van der Waals surface area contributed by atoms with E-state index in [9.17, 15) is 0 Å². The number of hydrazone groups is 1. The van der Waals surface area contributed by atoms with Crippen LogP contribution in [0.2, 0.25) is 0 Å². The normalized spacial score (nSPS) is 11.5. The third kappa shape index (κ3) is 4.47. The summed E-state index contributed by atoms with van der Waals surface area (Å²) in [4.78, 5) is 4.56. The largest absolute Gasteiger partial charge is 0.492 e. The molecule has 0 atom stereocenters. The Kier molecular flexibility index (Phi) is 5.69. The monoisotopic (exact) mass is 490 g/mol. The summed E-state index contributed by atoms with van der Waals surface area (Å²) in [6.07, 6.45) is 3.96. The molecule has 2 heterocycles. The zero-order valence-electron chi connectivity index (χ0n) is 16.5. The van der Waals surface area contributed by atoms with Gasteiger partial charge in [-0.1, -0.05) is 57.6 Å². The smallest absolute Gasteiger partial charge is 0.204 e. The molecule has 0 aliphatic rings. The molecule has 0 saturated carbocycles. The second-order valence-corrected chi connectivity index (χ2v) is 8.90. The number of nitrogens with one attached hydrogen (secondary N) is 1. The number of aromatic nitrogens is 2. The molecule has 5 aromatic rings. The minimum absolute atomic E-state index is 0.584. The number of hydrogen-bond donors (Lipinski definition) is 1. The first kappa shape index (κ1) is 19.8. The fourth-order valence-electron chi connectivity index (χ4n) is 3.43. The lowest BCUT2D eigenvalue weighted by Crippen LogP contribution is -2.07. The lowest BCUT2D eigenvalue weighted by atomic mass is 10.2. The topological polar surface area (TPSA) is 51.4 Å². The van der Waals surface area contributed by atoms with Gasteiger partial charge in [0.15, 0.2) is 0 Å². The van der Waals surface area contributed by atoms with Crippen molar-refractivity contribution in [2.45, 2.75) is 6.54 Å². The van der Waals surface area contributed by atoms with Gasteiger partial charge in [-0.25, -0.2) is 4.98 Å². The second kappa shape index (κ2) is 8.91. The first-order chi connectivity index (χ1) is 15.3. The highest BCUT2D eigenvalue weighted by molar-refractivity contribution is 9.10. The molecule has 0 aliphatic carbocycles. The molecule has 0 fully saturated rings. The van der Waals surface area contributed by atoms with E-state index >= 15 is 0 Å². The maximum absolute atomic E-state index is 5.90. The van der Waals surface area contributed by atoms with E-state index in [0.29, 0.717) is 6.61 Å². The SMILES string of the molecule is Brc1ccc(OCCn2cc(/C=N\Nc3nc4ccccc4s3)c3ccccc32)cc1. The molecule has 154 valence electrons. The lowest BCUT2D eigenvalue weighted by Gasteiger charge is -2.08. The maximum Gasteiger partial charge on any atom is 0.204 e. The predicted octanol–water partition coefficient (Wildman–Crippen LogP) is 6.54. The Hall–Kier alpha value is -3.16. The van der Waals surface area contributed by atoms with E-state index in [0.717, 1.165) is 48.6 Å². The Morgan fingerprint density at radius 2 is 1.84 bits per heavy atom. The Morgan fingerprint density at radius 1 is 1.03 bits per heavy atom. The van der Waals surface area contributed by atoms with Crippen molar-refractivity contribution in [3.8, 4) is 5.75 Å². The molecule has 0 unspecified atom stereocenters. The Balaban J connectivity index is 1.30. The zero-order valence-corrected chi connectivity index (χ0v) is 18.9. The number of halogens is 1. The average Bonchev–Trinajstić information content (AvgIpc) is 3.37. The minimum atomic E-state index is 0.584. The van der Waals surface area contributed by atoms with Crippen molar-refractivity contribution >= 4 is 59.7 Å². The zero-order chi connectivity index (χ0) is 21.0. The fraction of sp³-hybridized carbons (Fsp3) is 0.0833. The van der Waals surface area contributed by atoms with Gasteiger partial charge in [0.2, 0.25) is 5.13 Å². The van der Waals surface area contributed by atoms with Crippen LogP contribution < -0.4 is 10.2 Å². The summed E-state index contributed by atoms with van der Waals surface area (Å²) >= 11 is 5.03. The molecule has 0 bridgehead atoms. The van der Waals surface area contributed by atoms with Crippen LogP contribution in [0.15, 0.2) is 88.6 Å². The van der Waals surface area contributed by atoms with E-state index in [4.69, 9.17) is 4.74 Å². The molecule has 1 N–H and O–H groups in total. The molecular weight excluding hydrogens is 472 g/mol. The van der Waals surface area contributed by atoms with Crippen molar-refractivity contribution in [3.63, 3.8) is 0 Å². The summed E-state index contributed by atoms with van der Waals surface area (Å²) in [7, 11) is 0. The van der Waals surface area contributed by atoms with Crippen molar-refractivity contribution in [2.24, 2.45) is 5.10 Å². The van der Waals surface area contributed by atoms with Gasteiger partial charge in [0.05, 0.1) is 23.0 Å². The molecule has 7 heteroatoms. The van der Waals surface area contributed by atoms with E-state index < -0.39 is 0 Å². The molecule has 0 aliphatic heterocycles. The number of rotatable bonds is 7. The molecule has 5 rings (SSSR count). The van der Waals surface area contributed by atoms with Crippen molar-refractivity contribution in [2.75, 3.05) is 12.0 Å². The highest BCUT2D eigenvalue weighted by atomic mass is 79.9. The molecule has 0 radical (unpaired) electrons. The standard InChI is InChI=1S/C24H19BrN4OS/c25-18-9-11-19(12-10-18)30-14-13-29-16-17(20-5-1-3-7-22(20)29)15-26-28-24-27-21-6-2-4-8-23(21)31-24/h1-12,15-16H,13-14H2,(H,27,28)/b26-15-. The van der Waals surface area contributed by atoms with Crippen LogP contribution in [-0.4, -0.2) is 22.4 Å². The van der Waals surface area contributed by atoms with E-state index in [1.807, 2.05) is 54.7 Å². The molecule has 3 aromatic carbocycles. The Bertz CT molecular complexity index is 1320. The Morgan fingerprint density at radius 3 is 2.71 bits per heavy atom. The summed E-state index contributed by atoms with van der Waals surface area (Å²) in [5, 5.41) is 6.37. The Labute approximate surface area is 192 Å². The number of benzene rings is 3. The lowest BCUT2D eigenvalue weighted by molar-refractivity contribution is 0.300. The van der Waals surface area contributed by atoms with Crippen LogP contribution in [-0.2, 0) is 6.54 Å².